The van der Waals surface area contributed by atoms with Crippen molar-refractivity contribution in [1.29, 1.82) is 0 Å². The molecule has 1 saturated heterocycles. The first-order valence-corrected chi connectivity index (χ1v) is 15.3. The van der Waals surface area contributed by atoms with Gasteiger partial charge in [0.05, 0.1) is 4.90 Å². The molecule has 0 bridgehead atoms. The van der Waals surface area contributed by atoms with Gasteiger partial charge in [-0.05, 0) is 78.4 Å². The first-order chi connectivity index (χ1) is 19.2. The third-order valence-corrected chi connectivity index (χ3v) is 8.46. The number of rotatable bonds is 7. The summed E-state index contributed by atoms with van der Waals surface area (Å²) in [5.41, 5.74) is 4.52. The summed E-state index contributed by atoms with van der Waals surface area (Å²) in [5.74, 6) is -0.499. The molecule has 40 heavy (non-hydrogen) atoms. The quantitative estimate of drug-likeness (QED) is 0.298. The second kappa shape index (κ2) is 11.7. The Morgan fingerprint density at radius 3 is 2.38 bits per heavy atom. The van der Waals surface area contributed by atoms with Gasteiger partial charge in [0.25, 0.3) is 5.91 Å². The number of halogens is 1. The van der Waals surface area contributed by atoms with Gasteiger partial charge in [-0.3, -0.25) is 9.59 Å². The summed E-state index contributed by atoms with van der Waals surface area (Å²) >= 11 is 5.95. The zero-order chi connectivity index (χ0) is 28.3. The molecule has 5 rings (SSSR count). The predicted molar refractivity (Wildman–Crippen MR) is 159 cm³/mol. The fourth-order valence-electron chi connectivity index (χ4n) is 5.09. The SMILES string of the molecule is CS(=O)(=O)c1ccccc1-c1ccc(N2CCCC(NC(=O)c3ccc(Cl)cc3)C2=O)c(Cc2ccccc2)c1. The minimum absolute atomic E-state index is 0.174. The van der Waals surface area contributed by atoms with E-state index >= 15 is 0 Å². The van der Waals surface area contributed by atoms with Crippen molar-refractivity contribution in [3.05, 3.63) is 119 Å². The van der Waals surface area contributed by atoms with Crippen LogP contribution in [-0.4, -0.2) is 39.1 Å². The molecular weight excluding hydrogens is 544 g/mol. The maximum atomic E-state index is 13.7. The van der Waals surface area contributed by atoms with Crippen LogP contribution < -0.4 is 10.2 Å². The molecule has 204 valence electrons. The van der Waals surface area contributed by atoms with Gasteiger partial charge in [-0.25, -0.2) is 8.42 Å². The highest BCUT2D eigenvalue weighted by atomic mass is 35.5. The Labute approximate surface area is 239 Å². The highest BCUT2D eigenvalue weighted by Gasteiger charge is 2.32. The normalized spacial score (nSPS) is 15.6. The molecule has 1 atom stereocenters. The van der Waals surface area contributed by atoms with Gasteiger partial charge < -0.3 is 10.2 Å². The number of hydrogen-bond donors (Lipinski definition) is 1. The molecule has 1 unspecified atom stereocenters. The Hall–Kier alpha value is -3.94. The van der Waals surface area contributed by atoms with Gasteiger partial charge in [0.2, 0.25) is 5.91 Å². The van der Waals surface area contributed by atoms with Crippen molar-refractivity contribution in [2.45, 2.75) is 30.2 Å². The molecule has 8 heteroatoms. The molecule has 4 aromatic carbocycles. The van der Waals surface area contributed by atoms with Crippen LogP contribution in [0.5, 0.6) is 0 Å². The lowest BCUT2D eigenvalue weighted by molar-refractivity contribution is -0.121. The highest BCUT2D eigenvalue weighted by molar-refractivity contribution is 7.90. The van der Waals surface area contributed by atoms with E-state index in [-0.39, 0.29) is 16.7 Å². The number of carbonyl (C=O) groups excluding carboxylic acids is 2. The van der Waals surface area contributed by atoms with Crippen molar-refractivity contribution in [2.75, 3.05) is 17.7 Å². The van der Waals surface area contributed by atoms with E-state index in [1.807, 2.05) is 54.6 Å². The van der Waals surface area contributed by atoms with Gasteiger partial charge >= 0.3 is 0 Å². The Morgan fingerprint density at radius 1 is 0.950 bits per heavy atom. The van der Waals surface area contributed by atoms with Crippen LogP contribution in [0.1, 0.15) is 34.3 Å². The van der Waals surface area contributed by atoms with Crippen molar-refractivity contribution < 1.29 is 18.0 Å². The van der Waals surface area contributed by atoms with Gasteiger partial charge in [-0.2, -0.15) is 0 Å². The van der Waals surface area contributed by atoms with Crippen molar-refractivity contribution in [1.82, 2.24) is 5.32 Å². The molecule has 0 spiro atoms. The number of amides is 2. The monoisotopic (exact) mass is 572 g/mol. The molecule has 0 aliphatic carbocycles. The lowest BCUT2D eigenvalue weighted by Crippen LogP contribution is -2.52. The molecular formula is C32H29ClN2O4S. The van der Waals surface area contributed by atoms with Crippen LogP contribution in [0.25, 0.3) is 11.1 Å². The Balaban J connectivity index is 1.50. The molecule has 6 nitrogen and oxygen atoms in total. The third-order valence-electron chi connectivity index (χ3n) is 7.06. The fraction of sp³-hybridized carbons (Fsp3) is 0.188. The minimum atomic E-state index is -3.45. The van der Waals surface area contributed by atoms with Crippen LogP contribution >= 0.6 is 11.6 Å². The molecule has 1 aliphatic heterocycles. The maximum Gasteiger partial charge on any atom is 0.251 e. The van der Waals surface area contributed by atoms with Gasteiger partial charge in [-0.15, -0.1) is 0 Å². The van der Waals surface area contributed by atoms with Crippen molar-refractivity contribution in [3.63, 3.8) is 0 Å². The van der Waals surface area contributed by atoms with Crippen LogP contribution in [0.15, 0.2) is 102 Å². The molecule has 1 heterocycles. The number of anilines is 1. The molecule has 1 fully saturated rings. The fourth-order valence-corrected chi connectivity index (χ4v) is 6.13. The van der Waals surface area contributed by atoms with Crippen molar-refractivity contribution in [2.24, 2.45) is 0 Å². The molecule has 0 radical (unpaired) electrons. The molecule has 0 saturated carbocycles. The van der Waals surface area contributed by atoms with Gasteiger partial charge in [-0.1, -0.05) is 66.2 Å². The zero-order valence-corrected chi connectivity index (χ0v) is 23.6. The van der Waals surface area contributed by atoms with Crippen LogP contribution in [0.4, 0.5) is 5.69 Å². The second-order valence-electron chi connectivity index (χ2n) is 9.94. The largest absolute Gasteiger partial charge is 0.340 e. The van der Waals surface area contributed by atoms with Gasteiger partial charge in [0, 0.05) is 34.6 Å². The van der Waals surface area contributed by atoms with Crippen LogP contribution in [-0.2, 0) is 21.1 Å². The standard InChI is InChI=1S/C32H29ClN2O4S/c1-40(38,39)30-12-6-5-10-27(30)24-15-18-29(25(21-24)20-22-8-3-2-4-9-22)35-19-7-11-28(32(35)37)34-31(36)23-13-16-26(33)17-14-23/h2-6,8-10,12-18,21,28H,7,11,19-20H2,1H3,(H,34,36). The lowest BCUT2D eigenvalue weighted by atomic mass is 9.95. The minimum Gasteiger partial charge on any atom is -0.340 e. The van der Waals surface area contributed by atoms with Crippen molar-refractivity contribution >= 4 is 38.9 Å². The summed E-state index contributed by atoms with van der Waals surface area (Å²) in [6.07, 6.45) is 3.02. The van der Waals surface area contributed by atoms with E-state index in [1.165, 1.54) is 6.26 Å². The Bertz CT molecular complexity index is 1650. The van der Waals surface area contributed by atoms with E-state index in [4.69, 9.17) is 11.6 Å². The second-order valence-corrected chi connectivity index (χ2v) is 12.4. The number of piperidine rings is 1. The maximum absolute atomic E-state index is 13.7. The molecule has 2 amide bonds. The Kier molecular flexibility index (Phi) is 8.05. The topological polar surface area (TPSA) is 83.6 Å². The van der Waals surface area contributed by atoms with Gasteiger partial charge in [0.15, 0.2) is 9.84 Å². The van der Waals surface area contributed by atoms with Crippen LogP contribution in [0.2, 0.25) is 5.02 Å². The highest BCUT2D eigenvalue weighted by Crippen LogP contribution is 2.34. The summed E-state index contributed by atoms with van der Waals surface area (Å²) < 4.78 is 25.0. The number of sulfone groups is 1. The summed E-state index contributed by atoms with van der Waals surface area (Å²) in [7, 11) is -3.45. The zero-order valence-electron chi connectivity index (χ0n) is 22.0. The number of hydrogen-bond acceptors (Lipinski definition) is 4. The lowest BCUT2D eigenvalue weighted by Gasteiger charge is -2.34. The number of carbonyl (C=O) groups is 2. The molecule has 1 aliphatic rings. The molecule has 1 N–H and O–H groups in total. The van der Waals surface area contributed by atoms with E-state index in [2.05, 4.69) is 5.32 Å². The van der Waals surface area contributed by atoms with E-state index in [0.29, 0.717) is 35.5 Å². The van der Waals surface area contributed by atoms with E-state index in [1.54, 1.807) is 47.4 Å². The average Bonchev–Trinajstić information content (AvgIpc) is 2.95. The van der Waals surface area contributed by atoms with Gasteiger partial charge in [0.1, 0.15) is 6.04 Å². The molecule has 0 aromatic heterocycles. The van der Waals surface area contributed by atoms with Crippen LogP contribution in [0, 0.1) is 0 Å². The number of nitrogens with zero attached hydrogens (tertiary/aromatic N) is 1. The smallest absolute Gasteiger partial charge is 0.251 e. The van der Waals surface area contributed by atoms with E-state index < -0.39 is 15.9 Å². The number of benzene rings is 4. The predicted octanol–water partition coefficient (Wildman–Crippen LogP) is 5.93. The van der Waals surface area contributed by atoms with Crippen molar-refractivity contribution in [3.8, 4) is 11.1 Å². The summed E-state index contributed by atoms with van der Waals surface area (Å²) in [6, 6.07) is 28.5. The van der Waals surface area contributed by atoms with E-state index in [9.17, 15) is 18.0 Å². The average molecular weight is 573 g/mol. The first-order valence-electron chi connectivity index (χ1n) is 13.0. The molecule has 4 aromatic rings. The summed E-state index contributed by atoms with van der Waals surface area (Å²) in [6.45, 7) is 0.521. The third kappa shape index (κ3) is 6.11. The summed E-state index contributed by atoms with van der Waals surface area (Å²) in [4.78, 5) is 28.6. The summed E-state index contributed by atoms with van der Waals surface area (Å²) in [5, 5.41) is 3.43. The van der Waals surface area contributed by atoms with Crippen LogP contribution in [0.3, 0.4) is 0 Å². The number of nitrogens with one attached hydrogen (secondary N) is 1. The Morgan fingerprint density at radius 2 is 1.65 bits per heavy atom. The first kappa shape index (κ1) is 27.6. The van der Waals surface area contributed by atoms with E-state index in [0.717, 1.165) is 28.8 Å².